The number of benzene rings is 1. The van der Waals surface area contributed by atoms with Crippen LogP contribution in [-0.2, 0) is 6.42 Å². The molecule has 0 fully saturated rings. The fourth-order valence-corrected chi connectivity index (χ4v) is 2.18. The van der Waals surface area contributed by atoms with Crippen molar-refractivity contribution in [2.24, 2.45) is 5.73 Å². The van der Waals surface area contributed by atoms with Crippen LogP contribution in [0.4, 0.5) is 10.8 Å². The quantitative estimate of drug-likeness (QED) is 0.853. The van der Waals surface area contributed by atoms with Gasteiger partial charge in [0, 0.05) is 17.2 Å². The SMILES string of the molecule is Cc1nsc(Nc2cccc(CCCN)c2)n1. The molecule has 3 N–H and O–H groups in total. The average molecular weight is 248 g/mol. The summed E-state index contributed by atoms with van der Waals surface area (Å²) in [5.41, 5.74) is 7.85. The molecule has 0 unspecified atom stereocenters. The third-order valence-electron chi connectivity index (χ3n) is 2.38. The van der Waals surface area contributed by atoms with Crippen LogP contribution in [0.2, 0.25) is 0 Å². The number of aromatic nitrogens is 2. The number of anilines is 2. The third-order valence-corrected chi connectivity index (χ3v) is 3.10. The van der Waals surface area contributed by atoms with E-state index in [9.17, 15) is 0 Å². The molecule has 1 aromatic carbocycles. The second-order valence-corrected chi connectivity index (χ2v) is 4.62. The molecule has 5 heteroatoms. The molecule has 0 aliphatic rings. The van der Waals surface area contributed by atoms with Crippen LogP contribution in [0.15, 0.2) is 24.3 Å². The van der Waals surface area contributed by atoms with Gasteiger partial charge in [0.15, 0.2) is 0 Å². The van der Waals surface area contributed by atoms with Crippen molar-refractivity contribution in [3.63, 3.8) is 0 Å². The van der Waals surface area contributed by atoms with Crippen LogP contribution >= 0.6 is 11.5 Å². The monoisotopic (exact) mass is 248 g/mol. The molecule has 2 aromatic rings. The molecule has 0 saturated carbocycles. The Kier molecular flexibility index (Phi) is 4.06. The molecule has 0 atom stereocenters. The highest BCUT2D eigenvalue weighted by molar-refractivity contribution is 7.09. The lowest BCUT2D eigenvalue weighted by molar-refractivity contribution is 0.833. The van der Waals surface area contributed by atoms with E-state index >= 15 is 0 Å². The Bertz CT molecular complexity index is 481. The molecule has 1 heterocycles. The number of nitrogens with two attached hydrogens (primary N) is 1. The summed E-state index contributed by atoms with van der Waals surface area (Å²) >= 11 is 1.38. The maximum atomic E-state index is 5.51. The Morgan fingerprint density at radius 3 is 3.00 bits per heavy atom. The van der Waals surface area contributed by atoms with E-state index in [-0.39, 0.29) is 0 Å². The van der Waals surface area contributed by atoms with Crippen molar-refractivity contribution in [1.82, 2.24) is 9.36 Å². The molecule has 0 aliphatic heterocycles. The van der Waals surface area contributed by atoms with E-state index in [0.29, 0.717) is 0 Å². The van der Waals surface area contributed by atoms with Crippen LogP contribution in [0.5, 0.6) is 0 Å². The van der Waals surface area contributed by atoms with Gasteiger partial charge in [-0.25, -0.2) is 4.98 Å². The lowest BCUT2D eigenvalue weighted by atomic mass is 10.1. The van der Waals surface area contributed by atoms with Gasteiger partial charge in [0.25, 0.3) is 0 Å². The topological polar surface area (TPSA) is 63.8 Å². The molecule has 0 saturated heterocycles. The highest BCUT2D eigenvalue weighted by Crippen LogP contribution is 2.19. The first-order valence-corrected chi connectivity index (χ1v) is 6.41. The predicted octanol–water partition coefficient (Wildman–Crippen LogP) is 2.48. The van der Waals surface area contributed by atoms with Crippen molar-refractivity contribution >= 4 is 22.4 Å². The standard InChI is InChI=1S/C12H16N4S/c1-9-14-12(17-16-9)15-11-6-2-4-10(8-11)5-3-7-13/h2,4,6,8H,3,5,7,13H2,1H3,(H,14,15,16). The Hall–Kier alpha value is -1.46. The average Bonchev–Trinajstić information content (AvgIpc) is 2.73. The molecule has 0 radical (unpaired) electrons. The Labute approximate surface area is 105 Å². The van der Waals surface area contributed by atoms with Crippen molar-refractivity contribution in [3.8, 4) is 0 Å². The largest absolute Gasteiger partial charge is 0.330 e. The van der Waals surface area contributed by atoms with Gasteiger partial charge in [0.2, 0.25) is 5.13 Å². The highest BCUT2D eigenvalue weighted by atomic mass is 32.1. The lowest BCUT2D eigenvalue weighted by Crippen LogP contribution is -2.00. The summed E-state index contributed by atoms with van der Waals surface area (Å²) in [4.78, 5) is 4.27. The van der Waals surface area contributed by atoms with E-state index in [1.165, 1.54) is 17.1 Å². The minimum atomic E-state index is 0.729. The summed E-state index contributed by atoms with van der Waals surface area (Å²) in [6.07, 6.45) is 2.03. The van der Waals surface area contributed by atoms with Crippen molar-refractivity contribution in [2.45, 2.75) is 19.8 Å². The fraction of sp³-hybridized carbons (Fsp3) is 0.333. The second kappa shape index (κ2) is 5.75. The van der Waals surface area contributed by atoms with E-state index in [1.807, 2.05) is 19.1 Å². The van der Waals surface area contributed by atoms with Gasteiger partial charge >= 0.3 is 0 Å². The molecule has 0 spiro atoms. The molecule has 2 rings (SSSR count). The number of nitrogens with zero attached hydrogens (tertiary/aromatic N) is 2. The first-order valence-electron chi connectivity index (χ1n) is 5.64. The fourth-order valence-electron chi connectivity index (χ4n) is 1.58. The number of hydrogen-bond donors (Lipinski definition) is 2. The number of aryl methyl sites for hydroxylation is 2. The zero-order valence-corrected chi connectivity index (χ0v) is 10.6. The van der Waals surface area contributed by atoms with Gasteiger partial charge < -0.3 is 11.1 Å². The van der Waals surface area contributed by atoms with Crippen LogP contribution < -0.4 is 11.1 Å². The third kappa shape index (κ3) is 3.51. The highest BCUT2D eigenvalue weighted by Gasteiger charge is 2.01. The zero-order valence-electron chi connectivity index (χ0n) is 9.81. The Morgan fingerprint density at radius 1 is 1.41 bits per heavy atom. The molecule has 0 amide bonds. The van der Waals surface area contributed by atoms with Gasteiger partial charge in [-0.15, -0.1) is 0 Å². The zero-order chi connectivity index (χ0) is 12.1. The van der Waals surface area contributed by atoms with E-state index < -0.39 is 0 Å². The molecular weight excluding hydrogens is 232 g/mol. The summed E-state index contributed by atoms with van der Waals surface area (Å²) < 4.78 is 4.14. The van der Waals surface area contributed by atoms with Gasteiger partial charge in [-0.05, 0) is 44.0 Å². The smallest absolute Gasteiger partial charge is 0.207 e. The summed E-state index contributed by atoms with van der Waals surface area (Å²) in [5, 5.41) is 4.09. The van der Waals surface area contributed by atoms with E-state index in [4.69, 9.17) is 5.73 Å². The van der Waals surface area contributed by atoms with Crippen molar-refractivity contribution < 1.29 is 0 Å². The maximum Gasteiger partial charge on any atom is 0.207 e. The number of hydrogen-bond acceptors (Lipinski definition) is 5. The minimum absolute atomic E-state index is 0.729. The van der Waals surface area contributed by atoms with Crippen LogP contribution in [0, 0.1) is 6.92 Å². The minimum Gasteiger partial charge on any atom is -0.330 e. The summed E-state index contributed by atoms with van der Waals surface area (Å²) in [5.74, 6) is 0.803. The van der Waals surface area contributed by atoms with E-state index in [2.05, 4.69) is 26.8 Å². The van der Waals surface area contributed by atoms with E-state index in [1.54, 1.807) is 0 Å². The first-order chi connectivity index (χ1) is 8.28. The molecule has 17 heavy (non-hydrogen) atoms. The molecular formula is C12H16N4S. The van der Waals surface area contributed by atoms with Crippen LogP contribution in [0.1, 0.15) is 17.8 Å². The lowest BCUT2D eigenvalue weighted by Gasteiger charge is -2.05. The molecule has 0 aliphatic carbocycles. The summed E-state index contributed by atoms with van der Waals surface area (Å²) in [6, 6.07) is 8.32. The van der Waals surface area contributed by atoms with Crippen LogP contribution in [-0.4, -0.2) is 15.9 Å². The Balaban J connectivity index is 2.05. The second-order valence-electron chi connectivity index (χ2n) is 3.86. The van der Waals surface area contributed by atoms with Crippen molar-refractivity contribution in [1.29, 1.82) is 0 Å². The number of rotatable bonds is 5. The van der Waals surface area contributed by atoms with Crippen LogP contribution in [0.25, 0.3) is 0 Å². The first kappa shape index (κ1) is 12.0. The van der Waals surface area contributed by atoms with Gasteiger partial charge in [-0.3, -0.25) is 0 Å². The van der Waals surface area contributed by atoms with Gasteiger partial charge in [0.1, 0.15) is 5.82 Å². The summed E-state index contributed by atoms with van der Waals surface area (Å²) in [7, 11) is 0. The summed E-state index contributed by atoms with van der Waals surface area (Å²) in [6.45, 7) is 2.62. The predicted molar refractivity (Wildman–Crippen MR) is 71.7 cm³/mol. The van der Waals surface area contributed by atoms with E-state index in [0.717, 1.165) is 36.0 Å². The molecule has 4 nitrogen and oxygen atoms in total. The van der Waals surface area contributed by atoms with Crippen LogP contribution in [0.3, 0.4) is 0 Å². The maximum absolute atomic E-state index is 5.51. The van der Waals surface area contributed by atoms with Gasteiger partial charge in [-0.1, -0.05) is 12.1 Å². The molecule has 90 valence electrons. The van der Waals surface area contributed by atoms with Gasteiger partial charge in [0.05, 0.1) is 0 Å². The number of nitrogens with one attached hydrogen (secondary N) is 1. The normalized spacial score (nSPS) is 10.5. The molecule has 1 aromatic heterocycles. The van der Waals surface area contributed by atoms with Crippen molar-refractivity contribution in [2.75, 3.05) is 11.9 Å². The van der Waals surface area contributed by atoms with Gasteiger partial charge in [-0.2, -0.15) is 4.37 Å². The van der Waals surface area contributed by atoms with Crippen molar-refractivity contribution in [3.05, 3.63) is 35.7 Å². The Morgan fingerprint density at radius 2 is 2.29 bits per heavy atom. The molecule has 0 bridgehead atoms.